The molecular formula is C14H28O6. The Labute approximate surface area is 120 Å². The first-order chi connectivity index (χ1) is 9.54. The number of hydrogen-bond acceptors (Lipinski definition) is 6. The Bertz CT molecular complexity index is 260. The van der Waals surface area contributed by atoms with Crippen molar-refractivity contribution in [3.63, 3.8) is 0 Å². The fraction of sp³-hybridized carbons (Fsp3) is 1.00. The Morgan fingerprint density at radius 3 is 2.35 bits per heavy atom. The van der Waals surface area contributed by atoms with Gasteiger partial charge in [-0.1, -0.05) is 33.1 Å². The summed E-state index contributed by atoms with van der Waals surface area (Å²) < 4.78 is 10.8. The molecule has 1 saturated heterocycles. The molecule has 1 rings (SSSR count). The van der Waals surface area contributed by atoms with Crippen molar-refractivity contribution >= 4 is 0 Å². The topological polar surface area (TPSA) is 99.4 Å². The quantitative estimate of drug-likeness (QED) is 0.503. The van der Waals surface area contributed by atoms with Crippen molar-refractivity contribution in [3.05, 3.63) is 0 Å². The molecule has 0 aromatic heterocycles. The molecule has 4 N–H and O–H groups in total. The maximum Gasteiger partial charge on any atom is 0.186 e. The first-order valence-corrected chi connectivity index (χ1v) is 7.47. The number of hydrogen-bond donors (Lipinski definition) is 4. The largest absolute Gasteiger partial charge is 0.394 e. The van der Waals surface area contributed by atoms with Gasteiger partial charge in [-0.25, -0.2) is 0 Å². The van der Waals surface area contributed by atoms with E-state index >= 15 is 0 Å². The molecule has 0 radical (unpaired) electrons. The summed E-state index contributed by atoms with van der Waals surface area (Å²) in [4.78, 5) is 0. The highest BCUT2D eigenvalue weighted by Crippen LogP contribution is 2.23. The zero-order valence-corrected chi connectivity index (χ0v) is 12.3. The highest BCUT2D eigenvalue weighted by atomic mass is 16.7. The average Bonchev–Trinajstić information content (AvgIpc) is 2.47. The van der Waals surface area contributed by atoms with E-state index in [0.717, 1.165) is 25.7 Å². The summed E-state index contributed by atoms with van der Waals surface area (Å²) >= 11 is 0. The van der Waals surface area contributed by atoms with Crippen LogP contribution in [0.2, 0.25) is 0 Å². The van der Waals surface area contributed by atoms with Crippen LogP contribution >= 0.6 is 0 Å². The van der Waals surface area contributed by atoms with Gasteiger partial charge in [0.2, 0.25) is 0 Å². The Kier molecular flexibility index (Phi) is 7.94. The molecule has 0 aliphatic carbocycles. The summed E-state index contributed by atoms with van der Waals surface area (Å²) in [5.41, 5.74) is 0. The van der Waals surface area contributed by atoms with Crippen molar-refractivity contribution in [3.8, 4) is 0 Å². The van der Waals surface area contributed by atoms with E-state index in [1.165, 1.54) is 0 Å². The third kappa shape index (κ3) is 4.65. The number of rotatable bonds is 8. The minimum absolute atomic E-state index is 0.377. The lowest BCUT2D eigenvalue weighted by Gasteiger charge is -2.40. The minimum atomic E-state index is -1.37. The van der Waals surface area contributed by atoms with E-state index in [9.17, 15) is 15.3 Å². The van der Waals surface area contributed by atoms with Crippen molar-refractivity contribution in [2.75, 3.05) is 13.2 Å². The molecule has 0 aromatic carbocycles. The summed E-state index contributed by atoms with van der Waals surface area (Å²) in [5, 5.41) is 38.3. The van der Waals surface area contributed by atoms with Gasteiger partial charge in [0.1, 0.15) is 24.4 Å². The first kappa shape index (κ1) is 17.8. The molecule has 1 aliphatic rings. The Morgan fingerprint density at radius 1 is 1.10 bits per heavy atom. The lowest BCUT2D eigenvalue weighted by molar-refractivity contribution is -0.303. The molecule has 0 saturated carbocycles. The van der Waals surface area contributed by atoms with Gasteiger partial charge < -0.3 is 29.9 Å². The average molecular weight is 292 g/mol. The maximum atomic E-state index is 9.84. The number of ether oxygens (including phenoxy) is 2. The lowest BCUT2D eigenvalue weighted by atomic mass is 9.98. The molecule has 20 heavy (non-hydrogen) atoms. The van der Waals surface area contributed by atoms with Gasteiger partial charge in [0.15, 0.2) is 6.29 Å². The zero-order valence-electron chi connectivity index (χ0n) is 12.3. The normalized spacial score (nSPS) is 36.0. The first-order valence-electron chi connectivity index (χ1n) is 7.47. The summed E-state index contributed by atoms with van der Waals surface area (Å²) in [7, 11) is 0. The fourth-order valence-electron chi connectivity index (χ4n) is 2.33. The molecule has 1 heterocycles. The SMILES string of the molecule is CCCCC(CC)CO[C@H]1O[C@H](CO)[C@@H](O)[C@H](O)[C@H]1O. The Balaban J connectivity index is 2.48. The maximum absolute atomic E-state index is 9.84. The van der Waals surface area contributed by atoms with Gasteiger partial charge in [0, 0.05) is 0 Å². The lowest BCUT2D eigenvalue weighted by Crippen LogP contribution is -2.59. The molecule has 0 aromatic rings. The van der Waals surface area contributed by atoms with Gasteiger partial charge >= 0.3 is 0 Å². The third-order valence-electron chi connectivity index (χ3n) is 3.89. The molecule has 120 valence electrons. The summed E-state index contributed by atoms with van der Waals surface area (Å²) in [6.07, 6.45) is -1.68. The highest BCUT2D eigenvalue weighted by Gasteiger charge is 2.44. The van der Waals surface area contributed by atoms with E-state index in [1.54, 1.807) is 0 Å². The van der Waals surface area contributed by atoms with Crippen LogP contribution in [0.15, 0.2) is 0 Å². The van der Waals surface area contributed by atoms with Crippen molar-refractivity contribution in [2.24, 2.45) is 5.92 Å². The van der Waals surface area contributed by atoms with Gasteiger partial charge in [-0.2, -0.15) is 0 Å². The molecular weight excluding hydrogens is 264 g/mol. The fourth-order valence-corrected chi connectivity index (χ4v) is 2.33. The zero-order chi connectivity index (χ0) is 15.1. The summed E-state index contributed by atoms with van der Waals surface area (Å²) in [6.45, 7) is 4.21. The van der Waals surface area contributed by atoms with E-state index in [1.807, 2.05) is 0 Å². The predicted molar refractivity (Wildman–Crippen MR) is 73.0 cm³/mol. The van der Waals surface area contributed by atoms with Gasteiger partial charge in [-0.15, -0.1) is 0 Å². The predicted octanol–water partition coefficient (Wildman–Crippen LogP) is 0.0193. The van der Waals surface area contributed by atoms with E-state index < -0.39 is 37.3 Å². The highest BCUT2D eigenvalue weighted by molar-refractivity contribution is 4.88. The molecule has 1 aliphatic heterocycles. The van der Waals surface area contributed by atoms with Crippen LogP contribution in [0.3, 0.4) is 0 Å². The smallest absolute Gasteiger partial charge is 0.186 e. The molecule has 6 heteroatoms. The van der Waals surface area contributed by atoms with Crippen LogP contribution in [0, 0.1) is 5.92 Å². The Hall–Kier alpha value is -0.240. The van der Waals surface area contributed by atoms with E-state index in [-0.39, 0.29) is 0 Å². The van der Waals surface area contributed by atoms with Crippen LogP contribution < -0.4 is 0 Å². The second-order valence-corrected chi connectivity index (χ2v) is 5.45. The van der Waals surface area contributed by atoms with Gasteiger partial charge in [-0.05, 0) is 12.3 Å². The van der Waals surface area contributed by atoms with E-state index in [0.29, 0.717) is 12.5 Å². The minimum Gasteiger partial charge on any atom is -0.394 e. The van der Waals surface area contributed by atoms with Crippen LogP contribution in [0.4, 0.5) is 0 Å². The molecule has 6 nitrogen and oxygen atoms in total. The summed E-state index contributed by atoms with van der Waals surface area (Å²) in [5.74, 6) is 0.377. The van der Waals surface area contributed by atoms with Crippen molar-refractivity contribution < 1.29 is 29.9 Å². The van der Waals surface area contributed by atoms with Crippen molar-refractivity contribution in [1.29, 1.82) is 0 Å². The molecule has 0 amide bonds. The van der Waals surface area contributed by atoms with Crippen LogP contribution in [0.5, 0.6) is 0 Å². The molecule has 1 unspecified atom stereocenters. The van der Waals surface area contributed by atoms with Crippen LogP contribution in [-0.2, 0) is 9.47 Å². The summed E-state index contributed by atoms with van der Waals surface area (Å²) in [6, 6.07) is 0. The Morgan fingerprint density at radius 2 is 1.80 bits per heavy atom. The third-order valence-corrected chi connectivity index (χ3v) is 3.89. The number of aliphatic hydroxyl groups is 4. The second-order valence-electron chi connectivity index (χ2n) is 5.45. The van der Waals surface area contributed by atoms with Crippen LogP contribution in [0.25, 0.3) is 0 Å². The van der Waals surface area contributed by atoms with Crippen molar-refractivity contribution in [2.45, 2.75) is 70.2 Å². The second kappa shape index (κ2) is 8.92. The van der Waals surface area contributed by atoms with E-state index in [4.69, 9.17) is 14.6 Å². The number of unbranched alkanes of at least 4 members (excludes halogenated alkanes) is 1. The molecule has 0 spiro atoms. The molecule has 0 bridgehead atoms. The monoisotopic (exact) mass is 292 g/mol. The van der Waals surface area contributed by atoms with E-state index in [2.05, 4.69) is 13.8 Å². The molecule has 1 fully saturated rings. The standard InChI is InChI=1S/C14H28O6/c1-3-5-6-9(4-2)8-19-14-13(18)12(17)11(16)10(7-15)20-14/h9-18H,3-8H2,1-2H3/t9?,10-,11-,12+,13-,14+/m1/s1. The van der Waals surface area contributed by atoms with Crippen LogP contribution in [-0.4, -0.2) is 64.3 Å². The number of aliphatic hydroxyl groups excluding tert-OH is 4. The van der Waals surface area contributed by atoms with Crippen molar-refractivity contribution in [1.82, 2.24) is 0 Å². The van der Waals surface area contributed by atoms with Gasteiger partial charge in [-0.3, -0.25) is 0 Å². The molecule has 6 atom stereocenters. The van der Waals surface area contributed by atoms with Gasteiger partial charge in [0.25, 0.3) is 0 Å². The van der Waals surface area contributed by atoms with Gasteiger partial charge in [0.05, 0.1) is 13.2 Å². The van der Waals surface area contributed by atoms with Crippen LogP contribution in [0.1, 0.15) is 39.5 Å².